The molecule has 1 aromatic carbocycles. The lowest BCUT2D eigenvalue weighted by atomic mass is 9.74. The molecule has 0 bridgehead atoms. The van der Waals surface area contributed by atoms with Crippen LogP contribution >= 0.6 is 0 Å². The van der Waals surface area contributed by atoms with Gasteiger partial charge in [0.15, 0.2) is 0 Å². The Bertz CT molecular complexity index is 721. The second-order valence-corrected chi connectivity index (χ2v) is 7.31. The average molecular weight is 374 g/mol. The summed E-state index contributed by atoms with van der Waals surface area (Å²) < 4.78 is 18.9. The summed E-state index contributed by atoms with van der Waals surface area (Å²) in [6.45, 7) is 8.32. The van der Waals surface area contributed by atoms with E-state index in [0.29, 0.717) is 26.0 Å². The number of likely N-dealkylation sites (tertiary alicyclic amines) is 1. The molecule has 0 aromatic heterocycles. The van der Waals surface area contributed by atoms with Crippen molar-refractivity contribution in [3.63, 3.8) is 0 Å². The first kappa shape index (κ1) is 19.5. The third-order valence-electron chi connectivity index (χ3n) is 5.26. The zero-order chi connectivity index (χ0) is 19.3. The molecule has 0 saturated carbocycles. The smallest absolute Gasteiger partial charge is 0.313 e. The molecule has 6 heteroatoms. The van der Waals surface area contributed by atoms with Crippen LogP contribution in [0.4, 0.5) is 4.39 Å². The molecular formula is C21H27FN2O3. The number of nitrogens with zero attached hydrogens (tertiary/aromatic N) is 2. The Balaban J connectivity index is 1.72. The van der Waals surface area contributed by atoms with Gasteiger partial charge in [-0.1, -0.05) is 23.4 Å². The quantitative estimate of drug-likeness (QED) is 0.541. The minimum Gasteiger partial charge on any atom is -0.466 e. The molecule has 0 amide bonds. The van der Waals surface area contributed by atoms with Crippen molar-refractivity contribution in [2.45, 2.75) is 38.7 Å². The van der Waals surface area contributed by atoms with Crippen molar-refractivity contribution in [3.8, 4) is 0 Å². The van der Waals surface area contributed by atoms with Crippen molar-refractivity contribution < 1.29 is 18.8 Å². The van der Waals surface area contributed by atoms with Gasteiger partial charge in [0.25, 0.3) is 0 Å². The van der Waals surface area contributed by atoms with E-state index in [1.54, 1.807) is 6.07 Å². The van der Waals surface area contributed by atoms with Crippen LogP contribution in [-0.2, 0) is 14.4 Å². The maximum atomic E-state index is 13.5. The van der Waals surface area contributed by atoms with Crippen molar-refractivity contribution in [3.05, 3.63) is 48.3 Å². The van der Waals surface area contributed by atoms with Gasteiger partial charge >= 0.3 is 5.97 Å². The molecule has 0 radical (unpaired) electrons. The number of hydrogen-bond acceptors (Lipinski definition) is 5. The zero-order valence-corrected chi connectivity index (χ0v) is 15.8. The van der Waals surface area contributed by atoms with Crippen LogP contribution in [0.1, 0.15) is 38.2 Å². The highest BCUT2D eigenvalue weighted by molar-refractivity contribution is 6.01. The first-order valence-corrected chi connectivity index (χ1v) is 9.55. The Labute approximate surface area is 159 Å². The van der Waals surface area contributed by atoms with E-state index in [1.165, 1.54) is 12.1 Å². The normalized spacial score (nSPS) is 25.6. The number of carbonyl (C=O) groups excluding carboxylic acids is 1. The highest BCUT2D eigenvalue weighted by Gasteiger charge is 2.46. The van der Waals surface area contributed by atoms with Crippen molar-refractivity contribution >= 4 is 11.7 Å². The lowest BCUT2D eigenvalue weighted by Crippen LogP contribution is -2.50. The summed E-state index contributed by atoms with van der Waals surface area (Å²) in [5, 5.41) is 4.15. The fourth-order valence-electron chi connectivity index (χ4n) is 4.08. The summed E-state index contributed by atoms with van der Waals surface area (Å²) in [4.78, 5) is 20.7. The third kappa shape index (κ3) is 4.56. The van der Waals surface area contributed by atoms with Crippen LogP contribution in [0.5, 0.6) is 0 Å². The molecule has 5 nitrogen and oxygen atoms in total. The third-order valence-corrected chi connectivity index (χ3v) is 5.26. The number of oxime groups is 1. The molecule has 1 fully saturated rings. The van der Waals surface area contributed by atoms with Crippen molar-refractivity contribution in [1.29, 1.82) is 0 Å². The molecule has 27 heavy (non-hydrogen) atoms. The number of hydrogen-bond donors (Lipinski definition) is 0. The molecule has 2 aliphatic rings. The second-order valence-electron chi connectivity index (χ2n) is 7.31. The van der Waals surface area contributed by atoms with Gasteiger partial charge in [0.1, 0.15) is 11.9 Å². The number of benzene rings is 1. The summed E-state index contributed by atoms with van der Waals surface area (Å²) in [6, 6.07) is 6.34. The number of esters is 1. The van der Waals surface area contributed by atoms with Crippen LogP contribution in [0.25, 0.3) is 0 Å². The Morgan fingerprint density at radius 2 is 2.41 bits per heavy atom. The van der Waals surface area contributed by atoms with Gasteiger partial charge in [0.2, 0.25) is 0 Å². The van der Waals surface area contributed by atoms with Crippen LogP contribution in [0.3, 0.4) is 0 Å². The first-order chi connectivity index (χ1) is 13.1. The molecule has 0 spiro atoms. The van der Waals surface area contributed by atoms with Gasteiger partial charge in [-0.2, -0.15) is 0 Å². The van der Waals surface area contributed by atoms with E-state index in [2.05, 4.69) is 16.6 Å². The van der Waals surface area contributed by atoms with Crippen molar-refractivity contribution in [2.24, 2.45) is 10.6 Å². The van der Waals surface area contributed by atoms with Crippen molar-refractivity contribution in [1.82, 2.24) is 4.90 Å². The first-order valence-electron chi connectivity index (χ1n) is 9.55. The van der Waals surface area contributed by atoms with E-state index in [9.17, 15) is 9.18 Å². The lowest BCUT2D eigenvalue weighted by Gasteiger charge is -2.41. The lowest BCUT2D eigenvalue weighted by molar-refractivity contribution is -0.162. The van der Waals surface area contributed by atoms with Crippen molar-refractivity contribution in [2.75, 3.05) is 26.2 Å². The average Bonchev–Trinajstić information content (AvgIpc) is 3.11. The van der Waals surface area contributed by atoms with Crippen LogP contribution < -0.4 is 0 Å². The second kappa shape index (κ2) is 8.65. The summed E-state index contributed by atoms with van der Waals surface area (Å²) in [5.74, 6) is -0.462. The monoisotopic (exact) mass is 374 g/mol. The molecule has 0 unspecified atom stereocenters. The van der Waals surface area contributed by atoms with Crippen LogP contribution in [0.2, 0.25) is 0 Å². The van der Waals surface area contributed by atoms with Crippen LogP contribution in [-0.4, -0.2) is 48.9 Å². The minimum absolute atomic E-state index is 0.165. The largest absolute Gasteiger partial charge is 0.466 e. The van der Waals surface area contributed by atoms with Crippen LogP contribution in [0, 0.1) is 11.2 Å². The van der Waals surface area contributed by atoms with E-state index in [-0.39, 0.29) is 17.9 Å². The summed E-state index contributed by atoms with van der Waals surface area (Å²) in [5.41, 5.74) is 0.839. The van der Waals surface area contributed by atoms with E-state index in [0.717, 1.165) is 37.2 Å². The summed E-state index contributed by atoms with van der Waals surface area (Å²) in [6.07, 6.45) is 4.45. The minimum atomic E-state index is -0.602. The highest BCUT2D eigenvalue weighted by atomic mass is 19.1. The number of rotatable bonds is 7. The summed E-state index contributed by atoms with van der Waals surface area (Å²) in [7, 11) is 0. The molecule has 2 aliphatic heterocycles. The van der Waals surface area contributed by atoms with Gasteiger partial charge in [0, 0.05) is 31.5 Å². The topological polar surface area (TPSA) is 51.1 Å². The molecule has 1 saturated heterocycles. The molecule has 2 atom stereocenters. The fourth-order valence-corrected chi connectivity index (χ4v) is 4.08. The molecule has 1 aromatic rings. The molecule has 146 valence electrons. The predicted octanol–water partition coefficient (Wildman–Crippen LogP) is 3.54. The van der Waals surface area contributed by atoms with E-state index < -0.39 is 5.41 Å². The zero-order valence-electron chi connectivity index (χ0n) is 15.8. The Morgan fingerprint density at radius 3 is 3.15 bits per heavy atom. The predicted molar refractivity (Wildman–Crippen MR) is 102 cm³/mol. The Kier molecular flexibility index (Phi) is 6.26. The number of piperidine rings is 1. The van der Waals surface area contributed by atoms with Gasteiger partial charge in [-0.25, -0.2) is 4.39 Å². The fraction of sp³-hybridized carbons (Fsp3) is 0.524. The molecule has 2 heterocycles. The molecule has 3 rings (SSSR count). The van der Waals surface area contributed by atoms with E-state index in [1.807, 2.05) is 19.1 Å². The number of carbonyl (C=O) groups is 1. The Morgan fingerprint density at radius 1 is 1.56 bits per heavy atom. The van der Waals surface area contributed by atoms with Gasteiger partial charge in [0.05, 0.1) is 17.7 Å². The van der Waals surface area contributed by atoms with Gasteiger partial charge in [-0.3, -0.25) is 9.69 Å². The summed E-state index contributed by atoms with van der Waals surface area (Å²) >= 11 is 0. The number of ether oxygens (including phenoxy) is 1. The molecule has 0 aliphatic carbocycles. The maximum absolute atomic E-state index is 13.5. The maximum Gasteiger partial charge on any atom is 0.313 e. The van der Waals surface area contributed by atoms with Crippen LogP contribution in [0.15, 0.2) is 42.1 Å². The highest BCUT2D eigenvalue weighted by Crippen LogP contribution is 2.39. The number of halogens is 1. The molecule has 0 N–H and O–H groups in total. The molecular weight excluding hydrogens is 347 g/mol. The Hall–Kier alpha value is -2.21. The van der Waals surface area contributed by atoms with Gasteiger partial charge in [-0.15, -0.1) is 6.58 Å². The van der Waals surface area contributed by atoms with E-state index >= 15 is 0 Å². The van der Waals surface area contributed by atoms with E-state index in [4.69, 9.17) is 9.57 Å². The van der Waals surface area contributed by atoms with Gasteiger partial charge < -0.3 is 9.57 Å². The SMILES string of the molecule is C=CCN1CCC[C@@](C[C@@H]2CC(c3cccc(F)c3)=NO2)(C(=O)OCC)C1. The standard InChI is InChI=1S/C21H27FN2O3/c1-3-10-24-11-6-9-21(15-24,20(25)26-4-2)14-18-13-19(23-27-18)16-7-5-8-17(22)12-16/h3,5,7-8,12,18H,1,4,6,9-11,13-15H2,2H3/t18-,21-/m0/s1. The van der Waals surface area contributed by atoms with Gasteiger partial charge in [-0.05, 0) is 38.4 Å².